The van der Waals surface area contributed by atoms with Gasteiger partial charge in [-0.05, 0) is 76.4 Å². The van der Waals surface area contributed by atoms with E-state index in [0.29, 0.717) is 25.1 Å². The lowest BCUT2D eigenvalue weighted by Gasteiger charge is -2.26. The summed E-state index contributed by atoms with van der Waals surface area (Å²) < 4.78 is 8.35. The second kappa shape index (κ2) is 16.1. The zero-order chi connectivity index (χ0) is 28.9. The van der Waals surface area contributed by atoms with Crippen molar-refractivity contribution in [2.45, 2.75) is 86.1 Å². The van der Waals surface area contributed by atoms with Crippen LogP contribution in [0.2, 0.25) is 0 Å². The molecule has 0 aliphatic carbocycles. The summed E-state index contributed by atoms with van der Waals surface area (Å²) in [6.07, 6.45) is 7.23. The highest BCUT2D eigenvalue weighted by atomic mass is 16.5. The lowest BCUT2D eigenvalue weighted by Crippen LogP contribution is -2.31. The Morgan fingerprint density at radius 3 is 2.48 bits per heavy atom. The molecule has 4 rings (SSSR count). The first-order chi connectivity index (χ1) is 19.6. The first-order valence-corrected chi connectivity index (χ1v) is 15.4. The summed E-state index contributed by atoms with van der Waals surface area (Å²) in [6.45, 7) is 15.8. The van der Waals surface area contributed by atoms with Crippen LogP contribution in [0.25, 0.3) is 22.2 Å². The van der Waals surface area contributed by atoms with E-state index in [-0.39, 0.29) is 5.91 Å². The summed E-state index contributed by atoms with van der Waals surface area (Å²) >= 11 is 0. The second-order valence-electron chi connectivity index (χ2n) is 10.2. The van der Waals surface area contributed by atoms with Crippen molar-refractivity contribution in [1.82, 2.24) is 9.47 Å². The average Bonchev–Trinajstić information content (AvgIpc) is 3.32. The second-order valence-corrected chi connectivity index (χ2v) is 10.2. The van der Waals surface area contributed by atoms with Crippen molar-refractivity contribution in [2.24, 2.45) is 0 Å². The molecule has 0 radical (unpaired) electrons. The number of carbonyl (C=O) groups is 1. The molecule has 1 amide bonds. The molecule has 1 fully saturated rings. The van der Waals surface area contributed by atoms with E-state index in [0.717, 1.165) is 65.9 Å². The molecular formula is C34H48N4O2. The van der Waals surface area contributed by atoms with E-state index >= 15 is 0 Å². The molecule has 0 bridgehead atoms. The van der Waals surface area contributed by atoms with Crippen LogP contribution in [0.4, 0.5) is 5.69 Å². The van der Waals surface area contributed by atoms with Crippen LogP contribution in [-0.4, -0.2) is 48.2 Å². The normalized spacial score (nSPS) is 13.4. The van der Waals surface area contributed by atoms with Gasteiger partial charge in [0.15, 0.2) is 0 Å². The molecule has 0 N–H and O–H groups in total. The highest BCUT2D eigenvalue weighted by Gasteiger charge is 2.21. The molecule has 1 aromatic heterocycles. The van der Waals surface area contributed by atoms with Crippen LogP contribution in [-0.2, 0) is 11.3 Å². The third-order valence-corrected chi connectivity index (χ3v) is 7.44. The fraction of sp³-hybridized carbons (Fsp3) is 0.529. The molecule has 0 spiro atoms. The van der Waals surface area contributed by atoms with Gasteiger partial charge in [0, 0.05) is 48.8 Å². The highest BCUT2D eigenvalue weighted by molar-refractivity contribution is 5.97. The number of nitrogens with zero attached hydrogens (tertiary/aromatic N) is 4. The molecule has 3 aromatic rings. The van der Waals surface area contributed by atoms with E-state index in [1.807, 2.05) is 56.0 Å². The van der Waals surface area contributed by atoms with Gasteiger partial charge in [0.1, 0.15) is 11.8 Å². The Hall–Kier alpha value is -3.30. The van der Waals surface area contributed by atoms with Gasteiger partial charge in [-0.3, -0.25) is 4.79 Å². The molecule has 216 valence electrons. The van der Waals surface area contributed by atoms with E-state index in [2.05, 4.69) is 41.5 Å². The van der Waals surface area contributed by atoms with Crippen LogP contribution in [0.3, 0.4) is 0 Å². The monoisotopic (exact) mass is 544 g/mol. The molecule has 0 saturated carbocycles. The Balaban J connectivity index is 0.00000216. The lowest BCUT2D eigenvalue weighted by atomic mass is 10.0. The van der Waals surface area contributed by atoms with Crippen LogP contribution < -0.4 is 9.64 Å². The zero-order valence-corrected chi connectivity index (χ0v) is 25.3. The minimum atomic E-state index is 0.144. The van der Waals surface area contributed by atoms with Crippen molar-refractivity contribution < 1.29 is 9.53 Å². The fourth-order valence-electron chi connectivity index (χ4n) is 5.61. The van der Waals surface area contributed by atoms with Crippen molar-refractivity contribution in [1.29, 1.82) is 5.26 Å². The topological polar surface area (TPSA) is 61.5 Å². The Morgan fingerprint density at radius 2 is 1.80 bits per heavy atom. The number of anilines is 1. The lowest BCUT2D eigenvalue weighted by molar-refractivity contribution is -0.118. The number of carbonyl (C=O) groups excluding carboxylic acids is 1. The van der Waals surface area contributed by atoms with Gasteiger partial charge in [0.05, 0.1) is 23.4 Å². The number of likely N-dealkylation sites (tertiary alicyclic amines) is 1. The Kier molecular flexibility index (Phi) is 12.6. The van der Waals surface area contributed by atoms with E-state index in [9.17, 15) is 10.1 Å². The average molecular weight is 545 g/mol. The summed E-state index contributed by atoms with van der Waals surface area (Å²) in [5, 5.41) is 11.1. The van der Waals surface area contributed by atoms with E-state index in [4.69, 9.17) is 4.74 Å². The number of ether oxygens (including phenoxy) is 1. The molecule has 0 unspecified atom stereocenters. The predicted molar refractivity (Wildman–Crippen MR) is 167 cm³/mol. The number of aryl methyl sites for hydroxylation is 1. The maximum Gasteiger partial charge on any atom is 0.226 e. The number of nitriles is 1. The number of amides is 1. The molecule has 1 aliphatic heterocycles. The Labute approximate surface area is 241 Å². The third kappa shape index (κ3) is 7.46. The number of piperidine rings is 1. The van der Waals surface area contributed by atoms with Gasteiger partial charge in [0.2, 0.25) is 5.91 Å². The SMILES string of the molecule is CC.CCCC(=O)N(CCC)c1cccc(-c2c(C#N)c3ccc(OCCCN4CCCCC4)cc3n2CC)c1. The smallest absolute Gasteiger partial charge is 0.226 e. The largest absolute Gasteiger partial charge is 0.493 e. The number of benzene rings is 2. The number of rotatable bonds is 12. The first-order valence-electron chi connectivity index (χ1n) is 15.4. The standard InChI is InChI=1S/C32H42N4O2.C2H6/c1-4-12-31(37)36(17-5-2)26-14-10-13-25(22-26)32-29(24-33)28-16-15-27(23-30(28)35(32)6-3)38-21-11-20-34-18-8-7-9-19-34;1-2/h10,13-16,22-23H,4-9,11-12,17-21H2,1-3H3;1-2H3. The number of fused-ring (bicyclic) bond motifs is 1. The van der Waals surface area contributed by atoms with Gasteiger partial charge in [-0.25, -0.2) is 0 Å². The maximum atomic E-state index is 12.9. The van der Waals surface area contributed by atoms with Crippen LogP contribution in [0, 0.1) is 11.3 Å². The van der Waals surface area contributed by atoms with Gasteiger partial charge in [-0.1, -0.05) is 46.2 Å². The summed E-state index contributed by atoms with van der Waals surface area (Å²) in [5.41, 5.74) is 4.40. The fourth-order valence-corrected chi connectivity index (χ4v) is 5.61. The van der Waals surface area contributed by atoms with E-state index < -0.39 is 0 Å². The molecule has 1 saturated heterocycles. The highest BCUT2D eigenvalue weighted by Crippen LogP contribution is 2.36. The van der Waals surface area contributed by atoms with Crippen molar-refractivity contribution in [3.05, 3.63) is 48.0 Å². The quantitative estimate of drug-likeness (QED) is 0.217. The van der Waals surface area contributed by atoms with Crippen molar-refractivity contribution in [3.63, 3.8) is 0 Å². The minimum absolute atomic E-state index is 0.144. The predicted octanol–water partition coefficient (Wildman–Crippen LogP) is 8.02. The van der Waals surface area contributed by atoms with E-state index in [1.165, 1.54) is 32.4 Å². The number of aromatic nitrogens is 1. The van der Waals surface area contributed by atoms with Crippen LogP contribution in [0.15, 0.2) is 42.5 Å². The molecule has 0 atom stereocenters. The number of hydrogen-bond acceptors (Lipinski definition) is 4. The summed E-state index contributed by atoms with van der Waals surface area (Å²) in [7, 11) is 0. The number of hydrogen-bond donors (Lipinski definition) is 0. The molecular weight excluding hydrogens is 496 g/mol. The molecule has 2 heterocycles. The Morgan fingerprint density at radius 1 is 1.02 bits per heavy atom. The summed E-state index contributed by atoms with van der Waals surface area (Å²) in [4.78, 5) is 17.3. The van der Waals surface area contributed by atoms with Gasteiger partial charge in [-0.15, -0.1) is 0 Å². The molecule has 1 aliphatic rings. The first kappa shape index (κ1) is 31.2. The molecule has 6 nitrogen and oxygen atoms in total. The van der Waals surface area contributed by atoms with E-state index in [1.54, 1.807) is 0 Å². The Bertz CT molecular complexity index is 1270. The van der Waals surface area contributed by atoms with Gasteiger partial charge >= 0.3 is 0 Å². The minimum Gasteiger partial charge on any atom is -0.493 e. The van der Waals surface area contributed by atoms with Crippen molar-refractivity contribution in [3.8, 4) is 23.1 Å². The molecule has 40 heavy (non-hydrogen) atoms. The van der Waals surface area contributed by atoms with Gasteiger partial charge in [-0.2, -0.15) is 5.26 Å². The maximum absolute atomic E-state index is 12.9. The third-order valence-electron chi connectivity index (χ3n) is 7.44. The van der Waals surface area contributed by atoms with Crippen molar-refractivity contribution >= 4 is 22.5 Å². The summed E-state index contributed by atoms with van der Waals surface area (Å²) in [6, 6.07) is 16.6. The van der Waals surface area contributed by atoms with Crippen LogP contribution in [0.5, 0.6) is 5.75 Å². The van der Waals surface area contributed by atoms with Crippen LogP contribution >= 0.6 is 0 Å². The van der Waals surface area contributed by atoms with Crippen LogP contribution in [0.1, 0.15) is 85.1 Å². The van der Waals surface area contributed by atoms with Crippen molar-refractivity contribution in [2.75, 3.05) is 37.7 Å². The van der Waals surface area contributed by atoms with Gasteiger partial charge in [0.25, 0.3) is 0 Å². The zero-order valence-electron chi connectivity index (χ0n) is 25.3. The summed E-state index contributed by atoms with van der Waals surface area (Å²) in [5.74, 6) is 0.984. The van der Waals surface area contributed by atoms with Gasteiger partial charge < -0.3 is 19.1 Å². The molecule has 6 heteroatoms. The molecule has 2 aromatic carbocycles.